The molecule has 0 aromatic rings. The Hall–Kier alpha value is -0.0800. The summed E-state index contributed by atoms with van der Waals surface area (Å²) in [6.07, 6.45) is 6.90. The van der Waals surface area contributed by atoms with Crippen LogP contribution in [0.5, 0.6) is 0 Å². The molecular formula is C16H33NO. The summed E-state index contributed by atoms with van der Waals surface area (Å²) >= 11 is 0. The Bertz CT molecular complexity index is 222. The fourth-order valence-electron chi connectivity index (χ4n) is 3.22. The topological polar surface area (TPSA) is 21.3 Å². The second kappa shape index (κ2) is 7.49. The zero-order chi connectivity index (χ0) is 13.6. The van der Waals surface area contributed by atoms with Crippen LogP contribution in [0.15, 0.2) is 0 Å². The van der Waals surface area contributed by atoms with Crippen LogP contribution in [-0.2, 0) is 4.74 Å². The molecule has 1 fully saturated rings. The van der Waals surface area contributed by atoms with Gasteiger partial charge in [-0.15, -0.1) is 0 Å². The van der Waals surface area contributed by atoms with E-state index in [0.29, 0.717) is 0 Å². The number of methoxy groups -OCH3 is 1. The normalized spacial score (nSPS) is 29.5. The summed E-state index contributed by atoms with van der Waals surface area (Å²) in [6, 6.07) is 0. The van der Waals surface area contributed by atoms with Crippen molar-refractivity contribution in [1.82, 2.24) is 5.32 Å². The van der Waals surface area contributed by atoms with Gasteiger partial charge < -0.3 is 10.1 Å². The number of hydrogen-bond donors (Lipinski definition) is 1. The summed E-state index contributed by atoms with van der Waals surface area (Å²) in [4.78, 5) is 0. The highest BCUT2D eigenvalue weighted by Gasteiger charge is 2.30. The monoisotopic (exact) mass is 255 g/mol. The Kier molecular flexibility index (Phi) is 6.65. The van der Waals surface area contributed by atoms with Crippen molar-refractivity contribution < 1.29 is 4.74 Å². The number of rotatable bonds is 6. The molecule has 0 aromatic carbocycles. The maximum atomic E-state index is 5.44. The zero-order valence-corrected chi connectivity index (χ0v) is 13.1. The van der Waals surface area contributed by atoms with Gasteiger partial charge in [-0.3, -0.25) is 0 Å². The van der Waals surface area contributed by atoms with Crippen LogP contribution in [-0.4, -0.2) is 25.8 Å². The lowest BCUT2D eigenvalue weighted by molar-refractivity contribution is 0.0686. The van der Waals surface area contributed by atoms with Crippen LogP contribution in [0.3, 0.4) is 0 Å². The Labute approximate surface area is 114 Å². The first kappa shape index (κ1) is 16.0. The van der Waals surface area contributed by atoms with Gasteiger partial charge in [0.15, 0.2) is 0 Å². The molecule has 1 aliphatic rings. The van der Waals surface area contributed by atoms with Crippen molar-refractivity contribution >= 4 is 0 Å². The number of hydrogen-bond acceptors (Lipinski definition) is 2. The summed E-state index contributed by atoms with van der Waals surface area (Å²) in [5.74, 6) is 2.51. The molecule has 108 valence electrons. The van der Waals surface area contributed by atoms with Crippen LogP contribution in [0.2, 0.25) is 0 Å². The van der Waals surface area contributed by atoms with Crippen molar-refractivity contribution in [2.45, 2.75) is 65.3 Å². The lowest BCUT2D eigenvalue weighted by Gasteiger charge is -2.37. The molecule has 0 amide bonds. The van der Waals surface area contributed by atoms with E-state index in [1.165, 1.54) is 32.1 Å². The average Bonchev–Trinajstić information content (AvgIpc) is 2.28. The molecule has 18 heavy (non-hydrogen) atoms. The van der Waals surface area contributed by atoms with Crippen molar-refractivity contribution in [3.05, 3.63) is 0 Å². The average molecular weight is 255 g/mol. The van der Waals surface area contributed by atoms with Crippen LogP contribution < -0.4 is 5.32 Å². The molecule has 0 saturated heterocycles. The van der Waals surface area contributed by atoms with Crippen molar-refractivity contribution in [2.75, 3.05) is 20.3 Å². The minimum Gasteiger partial charge on any atom is -0.384 e. The van der Waals surface area contributed by atoms with Crippen molar-refractivity contribution in [3.8, 4) is 0 Å². The predicted octanol–water partition coefficient (Wildman–Crippen LogP) is 3.85. The molecule has 0 radical (unpaired) electrons. The molecule has 3 atom stereocenters. The van der Waals surface area contributed by atoms with E-state index in [2.05, 4.69) is 33.0 Å². The first-order valence-corrected chi connectivity index (χ1v) is 7.70. The van der Waals surface area contributed by atoms with Gasteiger partial charge in [0, 0.05) is 19.3 Å². The van der Waals surface area contributed by atoms with Crippen molar-refractivity contribution in [3.63, 3.8) is 0 Å². The third kappa shape index (κ3) is 5.71. The van der Waals surface area contributed by atoms with Gasteiger partial charge in [0.05, 0.1) is 0 Å². The molecule has 1 rings (SSSR count). The summed E-state index contributed by atoms with van der Waals surface area (Å²) in [7, 11) is 1.84. The molecule has 3 unspecified atom stereocenters. The standard InChI is InChI=1S/C16H33NO/c1-6-7-13-8-9-14(11-17-16(2,3)4)15(10-13)12-18-5/h13-15,17H,6-12H2,1-5H3. The SMILES string of the molecule is CCCC1CCC(CNC(C)(C)C)C(COC)C1. The lowest BCUT2D eigenvalue weighted by atomic mass is 9.73. The first-order chi connectivity index (χ1) is 8.46. The van der Waals surface area contributed by atoms with Gasteiger partial charge in [-0.2, -0.15) is 0 Å². The molecule has 1 saturated carbocycles. The Balaban J connectivity index is 2.45. The largest absolute Gasteiger partial charge is 0.384 e. The Morgan fingerprint density at radius 2 is 1.89 bits per heavy atom. The molecule has 2 heteroatoms. The van der Waals surface area contributed by atoms with E-state index in [-0.39, 0.29) is 5.54 Å². The molecule has 0 aliphatic heterocycles. The minimum absolute atomic E-state index is 0.234. The van der Waals surface area contributed by atoms with E-state index < -0.39 is 0 Å². The molecule has 0 aromatic heterocycles. The summed E-state index contributed by atoms with van der Waals surface area (Å²) in [6.45, 7) is 11.1. The highest BCUT2D eigenvalue weighted by molar-refractivity contribution is 4.83. The van der Waals surface area contributed by atoms with Crippen LogP contribution in [0, 0.1) is 17.8 Å². The Morgan fingerprint density at radius 1 is 1.17 bits per heavy atom. The fraction of sp³-hybridized carbons (Fsp3) is 1.00. The molecule has 0 heterocycles. The van der Waals surface area contributed by atoms with Crippen molar-refractivity contribution in [2.24, 2.45) is 17.8 Å². The third-order valence-electron chi connectivity index (χ3n) is 4.22. The fourth-order valence-corrected chi connectivity index (χ4v) is 3.22. The number of nitrogens with one attached hydrogen (secondary N) is 1. The van der Waals surface area contributed by atoms with Gasteiger partial charge in [-0.05, 0) is 57.9 Å². The Morgan fingerprint density at radius 3 is 2.44 bits per heavy atom. The quantitative estimate of drug-likeness (QED) is 0.778. The highest BCUT2D eigenvalue weighted by atomic mass is 16.5. The van der Waals surface area contributed by atoms with Crippen LogP contribution in [0.25, 0.3) is 0 Å². The molecule has 1 N–H and O–H groups in total. The molecule has 2 nitrogen and oxygen atoms in total. The predicted molar refractivity (Wildman–Crippen MR) is 78.9 cm³/mol. The van der Waals surface area contributed by atoms with Crippen LogP contribution in [0.4, 0.5) is 0 Å². The maximum absolute atomic E-state index is 5.44. The van der Waals surface area contributed by atoms with Gasteiger partial charge in [0.25, 0.3) is 0 Å². The van der Waals surface area contributed by atoms with E-state index in [1.54, 1.807) is 0 Å². The summed E-state index contributed by atoms with van der Waals surface area (Å²) in [5, 5.41) is 3.67. The van der Waals surface area contributed by atoms with Crippen LogP contribution >= 0.6 is 0 Å². The van der Waals surface area contributed by atoms with Gasteiger partial charge >= 0.3 is 0 Å². The van der Waals surface area contributed by atoms with Gasteiger partial charge in [-0.25, -0.2) is 0 Å². The van der Waals surface area contributed by atoms with Crippen LogP contribution in [0.1, 0.15) is 59.8 Å². The second-order valence-electron chi connectivity index (χ2n) is 7.07. The van der Waals surface area contributed by atoms with E-state index >= 15 is 0 Å². The molecule has 0 bridgehead atoms. The molecular weight excluding hydrogens is 222 g/mol. The minimum atomic E-state index is 0.234. The van der Waals surface area contributed by atoms with E-state index in [0.717, 1.165) is 30.9 Å². The highest BCUT2D eigenvalue weighted by Crippen LogP contribution is 2.36. The van der Waals surface area contributed by atoms with Crippen molar-refractivity contribution in [1.29, 1.82) is 0 Å². The van der Waals surface area contributed by atoms with E-state index in [9.17, 15) is 0 Å². The van der Waals surface area contributed by atoms with Gasteiger partial charge in [0.1, 0.15) is 0 Å². The summed E-state index contributed by atoms with van der Waals surface area (Å²) in [5.41, 5.74) is 0.234. The summed E-state index contributed by atoms with van der Waals surface area (Å²) < 4.78 is 5.44. The second-order valence-corrected chi connectivity index (χ2v) is 7.07. The third-order valence-corrected chi connectivity index (χ3v) is 4.22. The van der Waals surface area contributed by atoms with Gasteiger partial charge in [0.2, 0.25) is 0 Å². The molecule has 1 aliphatic carbocycles. The number of ether oxygens (including phenoxy) is 1. The maximum Gasteiger partial charge on any atom is 0.0493 e. The van der Waals surface area contributed by atoms with E-state index in [4.69, 9.17) is 4.74 Å². The zero-order valence-electron chi connectivity index (χ0n) is 13.1. The molecule has 0 spiro atoms. The smallest absolute Gasteiger partial charge is 0.0493 e. The van der Waals surface area contributed by atoms with Gasteiger partial charge in [-0.1, -0.05) is 26.2 Å². The van der Waals surface area contributed by atoms with E-state index in [1.807, 2.05) is 7.11 Å². The lowest BCUT2D eigenvalue weighted by Crippen LogP contribution is -2.43. The first-order valence-electron chi connectivity index (χ1n) is 7.70.